The van der Waals surface area contributed by atoms with E-state index >= 15 is 0 Å². The third-order valence-corrected chi connectivity index (χ3v) is 4.64. The van der Waals surface area contributed by atoms with E-state index in [2.05, 4.69) is 4.98 Å². The number of aromatic hydroxyl groups is 1. The average Bonchev–Trinajstić information content (AvgIpc) is 2.78. The average molecular weight is 342 g/mol. The number of carbonyl (C=O) groups is 1. The largest absolute Gasteiger partial charge is 0.507 e. The van der Waals surface area contributed by atoms with E-state index in [1.807, 2.05) is 0 Å². The highest BCUT2D eigenvalue weighted by molar-refractivity contribution is 5.97. The first kappa shape index (κ1) is 15.6. The van der Waals surface area contributed by atoms with Gasteiger partial charge < -0.3 is 15.0 Å². The third-order valence-electron chi connectivity index (χ3n) is 4.64. The van der Waals surface area contributed by atoms with E-state index in [0.717, 1.165) is 47.1 Å². The lowest BCUT2D eigenvalue weighted by Gasteiger charge is -2.21. The SMILES string of the molecule is O=C(c1cc(F)ccc1O)N1CCCc2[nH]c3ccc(F)cc3c2C1. The topological polar surface area (TPSA) is 56.3 Å². The van der Waals surface area contributed by atoms with E-state index in [1.54, 1.807) is 11.0 Å². The quantitative estimate of drug-likeness (QED) is 0.708. The molecule has 0 radical (unpaired) electrons. The van der Waals surface area contributed by atoms with Crippen LogP contribution in [0.25, 0.3) is 10.9 Å². The van der Waals surface area contributed by atoms with Crippen LogP contribution in [0.1, 0.15) is 28.0 Å². The summed E-state index contributed by atoms with van der Waals surface area (Å²) in [5, 5.41) is 10.6. The van der Waals surface area contributed by atoms with Crippen LogP contribution in [0.2, 0.25) is 0 Å². The minimum Gasteiger partial charge on any atom is -0.507 e. The van der Waals surface area contributed by atoms with E-state index in [1.165, 1.54) is 18.2 Å². The molecule has 0 unspecified atom stereocenters. The zero-order valence-electron chi connectivity index (χ0n) is 13.4. The molecule has 0 spiro atoms. The second-order valence-electron chi connectivity index (χ2n) is 6.26. The number of benzene rings is 2. The van der Waals surface area contributed by atoms with Crippen molar-refractivity contribution in [1.82, 2.24) is 9.88 Å². The van der Waals surface area contributed by atoms with E-state index in [-0.39, 0.29) is 23.7 Å². The number of halogens is 2. The fraction of sp³-hybridized carbons (Fsp3) is 0.211. The Morgan fingerprint density at radius 1 is 1.12 bits per heavy atom. The van der Waals surface area contributed by atoms with E-state index in [9.17, 15) is 18.7 Å². The van der Waals surface area contributed by atoms with Gasteiger partial charge in [-0.25, -0.2) is 8.78 Å². The molecule has 3 aromatic rings. The lowest BCUT2D eigenvalue weighted by Crippen LogP contribution is -2.30. The summed E-state index contributed by atoms with van der Waals surface area (Å²) in [7, 11) is 0. The molecule has 128 valence electrons. The van der Waals surface area contributed by atoms with Crippen LogP contribution >= 0.6 is 0 Å². The van der Waals surface area contributed by atoms with E-state index in [4.69, 9.17) is 0 Å². The number of phenolic OH excluding ortho intramolecular Hbond substituents is 1. The number of rotatable bonds is 1. The van der Waals surface area contributed by atoms with Gasteiger partial charge in [0.1, 0.15) is 17.4 Å². The van der Waals surface area contributed by atoms with Gasteiger partial charge in [0.25, 0.3) is 5.91 Å². The number of H-pyrrole nitrogens is 1. The smallest absolute Gasteiger partial charge is 0.258 e. The first-order valence-electron chi connectivity index (χ1n) is 8.09. The summed E-state index contributed by atoms with van der Waals surface area (Å²) >= 11 is 0. The highest BCUT2D eigenvalue weighted by Crippen LogP contribution is 2.29. The Morgan fingerprint density at radius 3 is 2.72 bits per heavy atom. The Bertz CT molecular complexity index is 981. The highest BCUT2D eigenvalue weighted by atomic mass is 19.1. The maximum atomic E-state index is 13.6. The summed E-state index contributed by atoms with van der Waals surface area (Å²) in [5.74, 6) is -1.60. The van der Waals surface area contributed by atoms with Crippen molar-refractivity contribution in [1.29, 1.82) is 0 Å². The summed E-state index contributed by atoms with van der Waals surface area (Å²) in [4.78, 5) is 17.6. The number of aryl methyl sites for hydroxylation is 1. The molecular weight excluding hydrogens is 326 g/mol. The number of hydrogen-bond acceptors (Lipinski definition) is 2. The van der Waals surface area contributed by atoms with Crippen molar-refractivity contribution in [3.05, 3.63) is 64.9 Å². The molecule has 2 N–H and O–H groups in total. The Balaban J connectivity index is 1.73. The van der Waals surface area contributed by atoms with Crippen molar-refractivity contribution >= 4 is 16.8 Å². The molecule has 4 nitrogen and oxygen atoms in total. The fourth-order valence-corrected chi connectivity index (χ4v) is 3.41. The molecule has 25 heavy (non-hydrogen) atoms. The van der Waals surface area contributed by atoms with Gasteiger partial charge in [-0.15, -0.1) is 0 Å². The number of hydrogen-bond donors (Lipinski definition) is 2. The maximum Gasteiger partial charge on any atom is 0.258 e. The molecule has 6 heteroatoms. The number of aromatic nitrogens is 1. The molecule has 0 saturated carbocycles. The Hall–Kier alpha value is -2.89. The third kappa shape index (κ3) is 2.73. The summed E-state index contributed by atoms with van der Waals surface area (Å²) in [6, 6.07) is 7.86. The zero-order chi connectivity index (χ0) is 17.6. The Morgan fingerprint density at radius 2 is 1.88 bits per heavy atom. The minimum atomic E-state index is -0.578. The van der Waals surface area contributed by atoms with Gasteiger partial charge in [0.2, 0.25) is 0 Å². The van der Waals surface area contributed by atoms with Crippen LogP contribution in [0.3, 0.4) is 0 Å². The number of aromatic amines is 1. The molecule has 0 aliphatic carbocycles. The Labute approximate surface area is 142 Å². The van der Waals surface area contributed by atoms with Crippen molar-refractivity contribution in [2.45, 2.75) is 19.4 Å². The van der Waals surface area contributed by atoms with Gasteiger partial charge in [0.05, 0.1) is 5.56 Å². The predicted molar refractivity (Wildman–Crippen MR) is 89.4 cm³/mol. The molecule has 0 bridgehead atoms. The summed E-state index contributed by atoms with van der Waals surface area (Å²) < 4.78 is 27.1. The lowest BCUT2D eigenvalue weighted by atomic mass is 10.1. The van der Waals surface area contributed by atoms with Gasteiger partial charge in [-0.3, -0.25) is 4.79 Å². The molecule has 2 heterocycles. The number of nitrogens with one attached hydrogen (secondary N) is 1. The number of amides is 1. The zero-order valence-corrected chi connectivity index (χ0v) is 13.4. The minimum absolute atomic E-state index is 0.0607. The molecule has 1 aliphatic heterocycles. The first-order chi connectivity index (χ1) is 12.0. The molecule has 1 aromatic heterocycles. The van der Waals surface area contributed by atoms with Crippen molar-refractivity contribution in [3.8, 4) is 5.75 Å². The van der Waals surface area contributed by atoms with Gasteiger partial charge >= 0.3 is 0 Å². The number of carbonyl (C=O) groups excluding carboxylic acids is 1. The van der Waals surface area contributed by atoms with Crippen LogP contribution in [0.4, 0.5) is 8.78 Å². The van der Waals surface area contributed by atoms with E-state index in [0.29, 0.717) is 6.54 Å². The highest BCUT2D eigenvalue weighted by Gasteiger charge is 2.25. The van der Waals surface area contributed by atoms with Gasteiger partial charge in [-0.2, -0.15) is 0 Å². The second-order valence-corrected chi connectivity index (χ2v) is 6.26. The summed E-state index contributed by atoms with van der Waals surface area (Å²) in [5.41, 5.74) is 2.62. The number of fused-ring (bicyclic) bond motifs is 3. The van der Waals surface area contributed by atoms with Crippen LogP contribution in [-0.4, -0.2) is 27.4 Å². The molecular formula is C19H16F2N2O2. The van der Waals surface area contributed by atoms with Crippen LogP contribution in [0.5, 0.6) is 5.75 Å². The number of phenols is 1. The first-order valence-corrected chi connectivity index (χ1v) is 8.09. The fourth-order valence-electron chi connectivity index (χ4n) is 3.41. The lowest BCUT2D eigenvalue weighted by molar-refractivity contribution is 0.0743. The summed E-state index contributed by atoms with van der Waals surface area (Å²) in [6.07, 6.45) is 1.47. The standard InChI is InChI=1S/C19H16F2N2O2/c20-11-3-5-17-13(8-11)15-10-23(7-1-2-16(15)22-17)19(25)14-9-12(21)4-6-18(14)24/h3-6,8-9,22,24H,1-2,7,10H2. The molecule has 2 aromatic carbocycles. The molecule has 0 fully saturated rings. The van der Waals surface area contributed by atoms with Crippen molar-refractivity contribution < 1.29 is 18.7 Å². The van der Waals surface area contributed by atoms with Gasteiger partial charge in [-0.1, -0.05) is 0 Å². The molecule has 0 atom stereocenters. The molecule has 4 rings (SSSR count). The number of nitrogens with zero attached hydrogens (tertiary/aromatic N) is 1. The molecule has 1 amide bonds. The predicted octanol–water partition coefficient (Wildman–Crippen LogP) is 3.74. The molecule has 0 saturated heterocycles. The second kappa shape index (κ2) is 5.88. The van der Waals surface area contributed by atoms with Crippen molar-refractivity contribution in [2.75, 3.05) is 6.54 Å². The van der Waals surface area contributed by atoms with Gasteiger partial charge in [0, 0.05) is 35.2 Å². The normalized spacial score (nSPS) is 14.4. The maximum absolute atomic E-state index is 13.6. The monoisotopic (exact) mass is 342 g/mol. The van der Waals surface area contributed by atoms with Crippen molar-refractivity contribution in [3.63, 3.8) is 0 Å². The summed E-state index contributed by atoms with van der Waals surface area (Å²) in [6.45, 7) is 0.766. The molecule has 1 aliphatic rings. The van der Waals surface area contributed by atoms with Crippen LogP contribution < -0.4 is 0 Å². The van der Waals surface area contributed by atoms with Gasteiger partial charge in [0.15, 0.2) is 0 Å². The van der Waals surface area contributed by atoms with Crippen LogP contribution in [-0.2, 0) is 13.0 Å². The van der Waals surface area contributed by atoms with Crippen LogP contribution in [0, 0.1) is 11.6 Å². The van der Waals surface area contributed by atoms with Crippen LogP contribution in [0.15, 0.2) is 36.4 Å². The van der Waals surface area contributed by atoms with E-state index < -0.39 is 11.7 Å². The Kier molecular flexibility index (Phi) is 3.67. The van der Waals surface area contributed by atoms with Crippen molar-refractivity contribution in [2.24, 2.45) is 0 Å². The van der Waals surface area contributed by atoms with Gasteiger partial charge in [-0.05, 0) is 49.2 Å².